The number of rotatable bonds is 7. The minimum atomic E-state index is -0.153. The molecular formula is C19H19N3O3S. The lowest BCUT2D eigenvalue weighted by Gasteiger charge is -2.09. The second-order valence-corrected chi connectivity index (χ2v) is 6.64. The Balaban J connectivity index is 1.60. The van der Waals surface area contributed by atoms with Gasteiger partial charge in [-0.15, -0.1) is 10.2 Å². The van der Waals surface area contributed by atoms with Crippen LogP contribution in [-0.4, -0.2) is 30.3 Å². The minimum absolute atomic E-state index is 0.153. The van der Waals surface area contributed by atoms with Gasteiger partial charge in [-0.25, -0.2) is 0 Å². The summed E-state index contributed by atoms with van der Waals surface area (Å²) in [5, 5.41) is 12.3. The number of hydrogen-bond acceptors (Lipinski definition) is 6. The average Bonchev–Trinajstić information content (AvgIpc) is 3.09. The van der Waals surface area contributed by atoms with Crippen LogP contribution in [0.1, 0.15) is 16.1 Å². The number of hydrogen-bond donors (Lipinski definition) is 1. The Labute approximate surface area is 155 Å². The van der Waals surface area contributed by atoms with E-state index in [-0.39, 0.29) is 12.3 Å². The van der Waals surface area contributed by atoms with Crippen LogP contribution in [0.2, 0.25) is 0 Å². The highest BCUT2D eigenvalue weighted by Gasteiger charge is 2.11. The molecule has 0 bridgehead atoms. The monoisotopic (exact) mass is 369 g/mol. The van der Waals surface area contributed by atoms with Crippen LogP contribution in [0.4, 0.5) is 5.13 Å². The van der Waals surface area contributed by atoms with E-state index in [0.717, 1.165) is 16.1 Å². The quantitative estimate of drug-likeness (QED) is 0.692. The van der Waals surface area contributed by atoms with Gasteiger partial charge in [0.15, 0.2) is 11.5 Å². The molecule has 7 heteroatoms. The van der Waals surface area contributed by atoms with Crippen LogP contribution in [0.15, 0.2) is 48.5 Å². The summed E-state index contributed by atoms with van der Waals surface area (Å²) in [5.74, 6) is 1.07. The molecule has 1 N–H and O–H groups in total. The Morgan fingerprint density at radius 1 is 1.00 bits per heavy atom. The third-order valence-corrected chi connectivity index (χ3v) is 4.56. The van der Waals surface area contributed by atoms with E-state index in [1.165, 1.54) is 11.3 Å². The molecule has 0 saturated carbocycles. The lowest BCUT2D eigenvalue weighted by atomic mass is 10.1. The third kappa shape index (κ3) is 4.58. The number of nitrogens with zero attached hydrogens (tertiary/aromatic N) is 2. The zero-order valence-electron chi connectivity index (χ0n) is 14.6. The van der Waals surface area contributed by atoms with Crippen molar-refractivity contribution in [3.63, 3.8) is 0 Å². The Hall–Kier alpha value is -2.93. The molecule has 0 radical (unpaired) electrons. The van der Waals surface area contributed by atoms with Crippen molar-refractivity contribution < 1.29 is 14.3 Å². The standard InChI is InChI=1S/C19H19N3O3S/c1-24-15-9-8-14(10-16(15)25-2)11-17(23)20-19-22-21-18(26-19)12-13-6-4-3-5-7-13/h3-10H,11-12H2,1-2H3,(H,20,22,23). The van der Waals surface area contributed by atoms with Crippen LogP contribution >= 0.6 is 11.3 Å². The van der Waals surface area contributed by atoms with Gasteiger partial charge >= 0.3 is 0 Å². The summed E-state index contributed by atoms with van der Waals surface area (Å²) in [6, 6.07) is 15.4. The molecule has 3 aromatic rings. The van der Waals surface area contributed by atoms with Crippen LogP contribution < -0.4 is 14.8 Å². The molecule has 0 unspecified atom stereocenters. The fraction of sp³-hybridized carbons (Fsp3) is 0.211. The average molecular weight is 369 g/mol. The summed E-state index contributed by atoms with van der Waals surface area (Å²) in [7, 11) is 3.14. The molecular weight excluding hydrogens is 350 g/mol. The summed E-state index contributed by atoms with van der Waals surface area (Å²) >= 11 is 1.38. The van der Waals surface area contributed by atoms with E-state index in [2.05, 4.69) is 15.5 Å². The van der Waals surface area contributed by atoms with Gasteiger partial charge in [0.25, 0.3) is 0 Å². The molecule has 26 heavy (non-hydrogen) atoms. The number of nitrogens with one attached hydrogen (secondary N) is 1. The molecule has 0 spiro atoms. The molecule has 2 aromatic carbocycles. The molecule has 1 aromatic heterocycles. The van der Waals surface area contributed by atoms with E-state index >= 15 is 0 Å². The summed E-state index contributed by atoms with van der Waals surface area (Å²) < 4.78 is 10.5. The van der Waals surface area contributed by atoms with Gasteiger partial charge in [-0.2, -0.15) is 0 Å². The van der Waals surface area contributed by atoms with Gasteiger partial charge in [0.2, 0.25) is 11.0 Å². The predicted octanol–water partition coefficient (Wildman–Crippen LogP) is 3.33. The second-order valence-electron chi connectivity index (χ2n) is 5.58. The molecule has 0 atom stereocenters. The maximum Gasteiger partial charge on any atom is 0.230 e. The normalized spacial score (nSPS) is 10.4. The van der Waals surface area contributed by atoms with Gasteiger partial charge in [-0.1, -0.05) is 47.7 Å². The fourth-order valence-corrected chi connectivity index (χ4v) is 3.28. The van der Waals surface area contributed by atoms with Crippen molar-refractivity contribution in [3.05, 3.63) is 64.7 Å². The third-order valence-electron chi connectivity index (χ3n) is 3.72. The number of aromatic nitrogens is 2. The van der Waals surface area contributed by atoms with Gasteiger partial charge in [0, 0.05) is 6.42 Å². The van der Waals surface area contributed by atoms with Gasteiger partial charge < -0.3 is 14.8 Å². The Kier molecular flexibility index (Phi) is 5.80. The molecule has 6 nitrogen and oxygen atoms in total. The summed E-state index contributed by atoms with van der Waals surface area (Å²) in [6.45, 7) is 0. The van der Waals surface area contributed by atoms with E-state index < -0.39 is 0 Å². The lowest BCUT2D eigenvalue weighted by Crippen LogP contribution is -2.14. The number of ether oxygens (including phenoxy) is 2. The van der Waals surface area contributed by atoms with E-state index in [1.807, 2.05) is 36.4 Å². The number of carbonyl (C=O) groups is 1. The molecule has 0 aliphatic carbocycles. The van der Waals surface area contributed by atoms with E-state index in [9.17, 15) is 4.79 Å². The minimum Gasteiger partial charge on any atom is -0.493 e. The number of methoxy groups -OCH3 is 2. The van der Waals surface area contributed by atoms with Crippen LogP contribution in [-0.2, 0) is 17.6 Å². The molecule has 0 fully saturated rings. The number of benzene rings is 2. The molecule has 0 aliphatic heterocycles. The van der Waals surface area contributed by atoms with Gasteiger partial charge in [0.05, 0.1) is 20.6 Å². The van der Waals surface area contributed by atoms with E-state index in [0.29, 0.717) is 23.1 Å². The van der Waals surface area contributed by atoms with Crippen LogP contribution in [0.3, 0.4) is 0 Å². The van der Waals surface area contributed by atoms with Gasteiger partial charge in [-0.05, 0) is 23.3 Å². The van der Waals surface area contributed by atoms with Crippen molar-refractivity contribution in [3.8, 4) is 11.5 Å². The molecule has 1 heterocycles. The molecule has 0 aliphatic rings. The van der Waals surface area contributed by atoms with Gasteiger partial charge in [-0.3, -0.25) is 4.79 Å². The van der Waals surface area contributed by atoms with E-state index in [1.54, 1.807) is 26.4 Å². The topological polar surface area (TPSA) is 73.3 Å². The van der Waals surface area contributed by atoms with Crippen molar-refractivity contribution in [2.45, 2.75) is 12.8 Å². The first-order chi connectivity index (χ1) is 12.7. The van der Waals surface area contributed by atoms with Crippen molar-refractivity contribution in [2.24, 2.45) is 0 Å². The Morgan fingerprint density at radius 3 is 2.50 bits per heavy atom. The second kappa shape index (κ2) is 8.44. The summed E-state index contributed by atoms with van der Waals surface area (Å²) in [6.07, 6.45) is 0.915. The zero-order chi connectivity index (χ0) is 18.4. The Bertz CT molecular complexity index is 881. The summed E-state index contributed by atoms with van der Waals surface area (Å²) in [4.78, 5) is 12.3. The van der Waals surface area contributed by atoms with Crippen LogP contribution in [0.5, 0.6) is 11.5 Å². The van der Waals surface area contributed by atoms with Crippen LogP contribution in [0, 0.1) is 0 Å². The predicted molar refractivity (Wildman–Crippen MR) is 101 cm³/mol. The maximum absolute atomic E-state index is 12.3. The zero-order valence-corrected chi connectivity index (χ0v) is 15.4. The first-order valence-corrected chi connectivity index (χ1v) is 8.86. The molecule has 1 amide bonds. The smallest absolute Gasteiger partial charge is 0.230 e. The SMILES string of the molecule is COc1ccc(CC(=O)Nc2nnc(Cc3ccccc3)s2)cc1OC. The highest BCUT2D eigenvalue weighted by atomic mass is 32.1. The Morgan fingerprint density at radius 2 is 1.77 bits per heavy atom. The first-order valence-electron chi connectivity index (χ1n) is 8.05. The molecule has 0 saturated heterocycles. The number of amides is 1. The van der Waals surface area contributed by atoms with Crippen molar-refractivity contribution >= 4 is 22.4 Å². The van der Waals surface area contributed by atoms with Crippen molar-refractivity contribution in [2.75, 3.05) is 19.5 Å². The molecule has 3 rings (SSSR count). The van der Waals surface area contributed by atoms with Crippen molar-refractivity contribution in [1.82, 2.24) is 10.2 Å². The maximum atomic E-state index is 12.3. The highest BCUT2D eigenvalue weighted by molar-refractivity contribution is 7.15. The largest absolute Gasteiger partial charge is 0.493 e. The fourth-order valence-electron chi connectivity index (χ4n) is 2.49. The van der Waals surface area contributed by atoms with E-state index in [4.69, 9.17) is 9.47 Å². The number of carbonyl (C=O) groups excluding carboxylic acids is 1. The van der Waals surface area contributed by atoms with Crippen LogP contribution in [0.25, 0.3) is 0 Å². The summed E-state index contributed by atoms with van der Waals surface area (Å²) in [5.41, 5.74) is 1.99. The van der Waals surface area contributed by atoms with Gasteiger partial charge in [0.1, 0.15) is 5.01 Å². The molecule has 134 valence electrons. The van der Waals surface area contributed by atoms with Crippen molar-refractivity contribution in [1.29, 1.82) is 0 Å². The highest BCUT2D eigenvalue weighted by Crippen LogP contribution is 2.28. The lowest BCUT2D eigenvalue weighted by molar-refractivity contribution is -0.115. The number of anilines is 1. The first kappa shape index (κ1) is 17.9.